The number of hydrogen-bond acceptors (Lipinski definition) is 7. The third kappa shape index (κ3) is 5.31. The highest BCUT2D eigenvalue weighted by atomic mass is 32.2. The number of hydrogen-bond donors (Lipinski definition) is 0. The summed E-state index contributed by atoms with van der Waals surface area (Å²) in [5.41, 5.74) is 3.20. The van der Waals surface area contributed by atoms with Crippen LogP contribution in [-0.2, 0) is 10.1 Å². The first-order valence-electron chi connectivity index (χ1n) is 10.8. The maximum Gasteiger partial charge on any atom is 0.285 e. The zero-order valence-electron chi connectivity index (χ0n) is 18.9. The smallest absolute Gasteiger partial charge is 0.285 e. The highest BCUT2D eigenvalue weighted by Gasteiger charge is 2.32. The van der Waals surface area contributed by atoms with E-state index in [1.165, 1.54) is 0 Å². The summed E-state index contributed by atoms with van der Waals surface area (Å²) in [6.45, 7) is 2.57. The van der Waals surface area contributed by atoms with E-state index in [1.807, 2.05) is 43.4 Å². The number of para-hydroxylation sites is 1. The van der Waals surface area contributed by atoms with Crippen LogP contribution in [0.4, 0.5) is 11.4 Å². The fourth-order valence-electron chi connectivity index (χ4n) is 3.95. The van der Waals surface area contributed by atoms with Gasteiger partial charge in [-0.3, -0.25) is 4.90 Å². The number of aliphatic hydroxyl groups is 1. The summed E-state index contributed by atoms with van der Waals surface area (Å²) in [7, 11) is -0.558. The highest BCUT2D eigenvalue weighted by Crippen LogP contribution is 2.46. The number of anilines is 2. The number of methoxy groups -OCH3 is 1. The Bertz CT molecular complexity index is 1190. The van der Waals surface area contributed by atoms with Gasteiger partial charge < -0.3 is 18.9 Å². The molecule has 2 aromatic carbocycles. The number of benzene rings is 2. The third-order valence-electron chi connectivity index (χ3n) is 5.72. The van der Waals surface area contributed by atoms with E-state index in [1.54, 1.807) is 18.9 Å². The summed E-state index contributed by atoms with van der Waals surface area (Å²) in [5, 5.41) is 1.02. The Morgan fingerprint density at radius 2 is 2.03 bits per heavy atom. The number of ether oxygens (including phenoxy) is 2. The molecule has 2 aliphatic heterocycles. The lowest BCUT2D eigenvalue weighted by molar-refractivity contribution is 0.0396. The molecule has 0 saturated carbocycles. The van der Waals surface area contributed by atoms with Crippen LogP contribution in [0.1, 0.15) is 19.8 Å². The Labute approximate surface area is 199 Å². The van der Waals surface area contributed by atoms with Crippen molar-refractivity contribution in [2.45, 2.75) is 30.9 Å². The van der Waals surface area contributed by atoms with Crippen LogP contribution in [0, 0.1) is 0 Å². The van der Waals surface area contributed by atoms with Gasteiger partial charge in [-0.15, -0.1) is 0 Å². The molecule has 0 aromatic heterocycles. The van der Waals surface area contributed by atoms with E-state index < -0.39 is 10.1 Å². The van der Waals surface area contributed by atoms with Crippen molar-refractivity contribution in [2.24, 2.45) is 0 Å². The molecule has 1 unspecified atom stereocenters. The standard InChI is InChI=1S/C24H28N2O5S2/c1-4-17(14-23-25(2)20-16-18(30-3)10-11-21(20)31-23)15-24-26(12-7-13-33(27,28)29)19-8-5-6-9-22(19)32-24/h5-6,8-11,14-16,23H,4,7,12-13H2,1-3H3,(H,27,28,29)/b17-14+,24-15-. The average molecular weight is 489 g/mol. The number of thioether (sulfide) groups is 1. The number of allylic oxidation sites excluding steroid dienone is 2. The molecular weight excluding hydrogens is 460 g/mol. The number of nitrogens with zero attached hydrogens (tertiary/aromatic N) is 2. The first kappa shape index (κ1) is 23.5. The second kappa shape index (κ2) is 9.70. The van der Waals surface area contributed by atoms with Crippen LogP contribution in [-0.4, -0.2) is 50.4 Å². The van der Waals surface area contributed by atoms with Gasteiger partial charge in [0.15, 0.2) is 0 Å². The van der Waals surface area contributed by atoms with Gasteiger partial charge in [0.2, 0.25) is 0 Å². The zero-order chi connectivity index (χ0) is 23.6. The summed E-state index contributed by atoms with van der Waals surface area (Å²) in [6, 6.07) is 13.9. The van der Waals surface area contributed by atoms with Crippen molar-refractivity contribution in [3.63, 3.8) is 0 Å². The van der Waals surface area contributed by atoms with Gasteiger partial charge in [-0.05, 0) is 42.7 Å². The van der Waals surface area contributed by atoms with Gasteiger partial charge in [-0.25, -0.2) is 8.42 Å². The van der Waals surface area contributed by atoms with Gasteiger partial charge in [0.25, 0.3) is 12.0 Å². The summed E-state index contributed by atoms with van der Waals surface area (Å²) in [5.74, 6) is 1.37. The van der Waals surface area contributed by atoms with Crippen molar-refractivity contribution >= 4 is 33.3 Å². The molecule has 0 fully saturated rings. The fourth-order valence-corrected chi connectivity index (χ4v) is 5.60. The quantitative estimate of drug-likeness (QED) is 0.401. The Kier molecular flexibility index (Phi) is 6.92. The van der Waals surface area contributed by atoms with E-state index in [4.69, 9.17) is 9.47 Å². The molecule has 0 aliphatic carbocycles. The van der Waals surface area contributed by atoms with Crippen LogP contribution in [0.5, 0.6) is 11.5 Å². The molecule has 1 N–H and O–H groups in total. The monoisotopic (exact) mass is 488 g/mol. The molecule has 9 heteroatoms. The number of rotatable bonds is 8. The van der Waals surface area contributed by atoms with E-state index in [0.29, 0.717) is 6.54 Å². The minimum Gasteiger partial charge on any atom is -0.748 e. The second-order valence-corrected chi connectivity index (χ2v) is 10.5. The topological polar surface area (TPSA) is 85.7 Å². The third-order valence-corrected chi connectivity index (χ3v) is 7.62. The number of likely N-dealkylation sites (N-methyl/N-ethyl adjacent to an activating group) is 1. The minimum atomic E-state index is -4.23. The van der Waals surface area contributed by atoms with E-state index >= 15 is 0 Å². The fraction of sp³-hybridized carbons (Fsp3) is 0.333. The molecule has 2 heterocycles. The molecule has 0 bridgehead atoms. The summed E-state index contributed by atoms with van der Waals surface area (Å²) >= 11 is 1.65. The second-order valence-electron chi connectivity index (χ2n) is 7.92. The number of fused-ring (bicyclic) bond motifs is 2. The van der Waals surface area contributed by atoms with E-state index in [-0.39, 0.29) is 18.4 Å². The Morgan fingerprint density at radius 1 is 1.24 bits per heavy atom. The van der Waals surface area contributed by atoms with Crippen molar-refractivity contribution in [2.75, 3.05) is 36.3 Å². The molecular formula is C24H28N2O5S2. The largest absolute Gasteiger partial charge is 0.748 e. The molecule has 176 valence electrons. The molecule has 0 amide bonds. The van der Waals surface area contributed by atoms with Gasteiger partial charge in [0, 0.05) is 42.4 Å². The normalized spacial score (nSPS) is 19.0. The molecule has 0 radical (unpaired) electrons. The molecule has 7 nitrogen and oxygen atoms in total. The maximum atomic E-state index is 11.1. The van der Waals surface area contributed by atoms with Crippen molar-refractivity contribution < 1.29 is 22.4 Å². The van der Waals surface area contributed by atoms with E-state index in [0.717, 1.165) is 44.8 Å². The van der Waals surface area contributed by atoms with Gasteiger partial charge in [0.05, 0.1) is 27.9 Å². The first-order valence-corrected chi connectivity index (χ1v) is 13.2. The van der Waals surface area contributed by atoms with Gasteiger partial charge in [-0.1, -0.05) is 30.8 Å². The number of aromatic hydroxyl groups is 1. The molecule has 0 saturated heterocycles. The average Bonchev–Trinajstić information content (AvgIpc) is 3.29. The van der Waals surface area contributed by atoms with Gasteiger partial charge in [0.1, 0.15) is 11.4 Å². The summed E-state index contributed by atoms with van der Waals surface area (Å²) < 4.78 is 43.5. The van der Waals surface area contributed by atoms with E-state index in [9.17, 15) is 13.0 Å². The predicted molar refractivity (Wildman–Crippen MR) is 132 cm³/mol. The highest BCUT2D eigenvalue weighted by molar-refractivity contribution is 8.03. The van der Waals surface area contributed by atoms with Crippen LogP contribution < -0.4 is 14.5 Å². The van der Waals surface area contributed by atoms with Crippen molar-refractivity contribution in [1.82, 2.24) is 0 Å². The molecule has 4 rings (SSSR count). The van der Waals surface area contributed by atoms with Crippen molar-refractivity contribution in [3.05, 3.63) is 65.2 Å². The van der Waals surface area contributed by atoms with Crippen LogP contribution in [0.2, 0.25) is 0 Å². The summed E-state index contributed by atoms with van der Waals surface area (Å²) in [6.07, 6.45) is 5.28. The van der Waals surface area contributed by atoms with Crippen LogP contribution in [0.25, 0.3) is 0 Å². The SMILES string of the molecule is CCC(/C=C1\Sc2ccccc2N1CCCS(=O)(=O)[O-])=C\C1[OH+]c2ccc(OC)cc2N1C. The van der Waals surface area contributed by atoms with Crippen LogP contribution in [0.15, 0.2) is 70.1 Å². The Hall–Kier alpha value is -2.62. The van der Waals surface area contributed by atoms with Crippen molar-refractivity contribution in [1.29, 1.82) is 0 Å². The Morgan fingerprint density at radius 3 is 2.76 bits per heavy atom. The molecule has 2 aromatic rings. The lowest BCUT2D eigenvalue weighted by Gasteiger charge is -2.21. The first-order chi connectivity index (χ1) is 15.8. The molecule has 2 aliphatic rings. The minimum absolute atomic E-state index is 0.119. The van der Waals surface area contributed by atoms with Crippen LogP contribution in [0.3, 0.4) is 0 Å². The van der Waals surface area contributed by atoms with Gasteiger partial charge >= 0.3 is 0 Å². The van der Waals surface area contributed by atoms with Crippen molar-refractivity contribution in [3.8, 4) is 11.5 Å². The predicted octanol–water partition coefficient (Wildman–Crippen LogP) is 4.44. The lowest BCUT2D eigenvalue weighted by atomic mass is 10.1. The van der Waals surface area contributed by atoms with Gasteiger partial charge in [-0.2, -0.15) is 0 Å². The molecule has 0 spiro atoms. The summed E-state index contributed by atoms with van der Waals surface area (Å²) in [4.78, 5) is 5.34. The van der Waals surface area contributed by atoms with E-state index in [2.05, 4.69) is 34.9 Å². The molecule has 1 atom stereocenters. The maximum absolute atomic E-state index is 11.1. The molecule has 33 heavy (non-hydrogen) atoms. The van der Waals surface area contributed by atoms with Crippen LogP contribution >= 0.6 is 11.8 Å². The lowest BCUT2D eigenvalue weighted by Crippen LogP contribution is -2.27. The Balaban J connectivity index is 1.58. The zero-order valence-corrected chi connectivity index (χ0v) is 20.5.